The second kappa shape index (κ2) is 9.14. The van der Waals surface area contributed by atoms with E-state index < -0.39 is 5.41 Å². The standard InChI is InChI=1S/C45H28/c1-3-15-35(16-4-1)45(36-17-5-2-6-18-36)40-21-10-9-20-38(40)43-39(28-31-12-7-8-19-37(31)44(43)45)34-26-32-24-22-29-13-11-14-30-23-25-33(27-34)42(32)41(29)30/h1-28H. The van der Waals surface area contributed by atoms with Gasteiger partial charge >= 0.3 is 0 Å². The Bertz CT molecular complexity index is 2470. The lowest BCUT2D eigenvalue weighted by atomic mass is 9.66. The predicted octanol–water partition coefficient (Wildman–Crippen LogP) is 11.8. The van der Waals surface area contributed by atoms with Crippen LogP contribution in [0.2, 0.25) is 0 Å². The molecule has 0 heterocycles. The summed E-state index contributed by atoms with van der Waals surface area (Å²) >= 11 is 0. The molecule has 0 heteroatoms. The minimum atomic E-state index is -0.458. The maximum absolute atomic E-state index is 2.43. The zero-order valence-electron chi connectivity index (χ0n) is 24.7. The molecule has 9 aromatic rings. The summed E-state index contributed by atoms with van der Waals surface area (Å²) in [6, 6.07) is 63.4. The van der Waals surface area contributed by atoms with E-state index in [1.165, 1.54) is 87.6 Å². The van der Waals surface area contributed by atoms with Crippen molar-refractivity contribution in [1.82, 2.24) is 0 Å². The summed E-state index contributed by atoms with van der Waals surface area (Å²) < 4.78 is 0. The van der Waals surface area contributed by atoms with E-state index in [9.17, 15) is 0 Å². The maximum atomic E-state index is 2.43. The molecule has 0 aliphatic heterocycles. The monoisotopic (exact) mass is 568 g/mol. The molecule has 0 radical (unpaired) electrons. The molecule has 0 atom stereocenters. The molecular weight excluding hydrogens is 540 g/mol. The molecule has 0 unspecified atom stereocenters. The van der Waals surface area contributed by atoms with Crippen LogP contribution in [0.25, 0.3) is 65.3 Å². The van der Waals surface area contributed by atoms with Crippen LogP contribution < -0.4 is 0 Å². The molecular formula is C45H28. The van der Waals surface area contributed by atoms with Crippen LogP contribution in [0.3, 0.4) is 0 Å². The van der Waals surface area contributed by atoms with Gasteiger partial charge in [0.05, 0.1) is 5.41 Å². The van der Waals surface area contributed by atoms with Crippen LogP contribution in [0, 0.1) is 0 Å². The van der Waals surface area contributed by atoms with E-state index >= 15 is 0 Å². The van der Waals surface area contributed by atoms with Gasteiger partial charge in [0.15, 0.2) is 0 Å². The van der Waals surface area contributed by atoms with Crippen molar-refractivity contribution in [1.29, 1.82) is 0 Å². The summed E-state index contributed by atoms with van der Waals surface area (Å²) in [6.45, 7) is 0. The molecule has 208 valence electrons. The summed E-state index contributed by atoms with van der Waals surface area (Å²) in [7, 11) is 0. The summed E-state index contributed by atoms with van der Waals surface area (Å²) in [5.41, 5.74) is 10.0. The lowest BCUT2D eigenvalue weighted by molar-refractivity contribution is 0.775. The predicted molar refractivity (Wildman–Crippen MR) is 190 cm³/mol. The van der Waals surface area contributed by atoms with E-state index in [-0.39, 0.29) is 0 Å². The van der Waals surface area contributed by atoms with Crippen molar-refractivity contribution in [3.8, 4) is 22.3 Å². The minimum Gasteiger partial charge on any atom is -0.0622 e. The molecule has 0 aromatic heterocycles. The Morgan fingerprint density at radius 2 is 0.889 bits per heavy atom. The molecule has 9 aromatic carbocycles. The van der Waals surface area contributed by atoms with Crippen molar-refractivity contribution in [3.05, 3.63) is 192 Å². The fourth-order valence-corrected chi connectivity index (χ4v) is 8.46. The Kier molecular flexibility index (Phi) is 5.02. The Morgan fingerprint density at radius 1 is 0.356 bits per heavy atom. The summed E-state index contributed by atoms with van der Waals surface area (Å²) in [5.74, 6) is 0. The maximum Gasteiger partial charge on any atom is 0.0719 e. The van der Waals surface area contributed by atoms with Gasteiger partial charge in [-0.1, -0.05) is 152 Å². The van der Waals surface area contributed by atoms with E-state index in [0.717, 1.165) is 0 Å². The van der Waals surface area contributed by atoms with E-state index in [0.29, 0.717) is 0 Å². The highest BCUT2D eigenvalue weighted by Crippen LogP contribution is 2.60. The molecule has 45 heavy (non-hydrogen) atoms. The Hall–Kier alpha value is -5.72. The Labute approximate surface area is 262 Å². The van der Waals surface area contributed by atoms with E-state index in [1.54, 1.807) is 0 Å². The van der Waals surface area contributed by atoms with Gasteiger partial charge in [0.1, 0.15) is 0 Å². The largest absolute Gasteiger partial charge is 0.0719 e. The van der Waals surface area contributed by atoms with Crippen molar-refractivity contribution in [2.75, 3.05) is 0 Å². The average Bonchev–Trinajstić information content (AvgIpc) is 3.43. The first kappa shape index (κ1) is 24.7. The zero-order valence-corrected chi connectivity index (χ0v) is 24.7. The van der Waals surface area contributed by atoms with Crippen molar-refractivity contribution in [2.45, 2.75) is 5.41 Å². The fourth-order valence-electron chi connectivity index (χ4n) is 8.46. The van der Waals surface area contributed by atoms with Gasteiger partial charge in [-0.2, -0.15) is 0 Å². The van der Waals surface area contributed by atoms with Gasteiger partial charge in [0.2, 0.25) is 0 Å². The van der Waals surface area contributed by atoms with E-state index in [1.807, 2.05) is 0 Å². The number of hydrogen-bond acceptors (Lipinski definition) is 0. The summed E-state index contributed by atoms with van der Waals surface area (Å²) in [5, 5.41) is 10.5. The fraction of sp³-hybridized carbons (Fsp3) is 0.0222. The lowest BCUT2D eigenvalue weighted by Crippen LogP contribution is -2.28. The van der Waals surface area contributed by atoms with Crippen molar-refractivity contribution >= 4 is 43.1 Å². The van der Waals surface area contributed by atoms with Crippen molar-refractivity contribution < 1.29 is 0 Å². The van der Waals surface area contributed by atoms with Gasteiger partial charge in [-0.05, 0) is 106 Å². The first-order valence-corrected chi connectivity index (χ1v) is 15.8. The van der Waals surface area contributed by atoms with Crippen LogP contribution in [-0.4, -0.2) is 0 Å². The molecule has 1 aliphatic carbocycles. The Balaban J connectivity index is 1.39. The third-order valence-electron chi connectivity index (χ3n) is 10.2. The van der Waals surface area contributed by atoms with Gasteiger partial charge in [0.25, 0.3) is 0 Å². The first-order chi connectivity index (χ1) is 22.3. The van der Waals surface area contributed by atoms with Crippen molar-refractivity contribution in [2.24, 2.45) is 0 Å². The minimum absolute atomic E-state index is 0.458. The smallest absolute Gasteiger partial charge is 0.0622 e. The summed E-state index contributed by atoms with van der Waals surface area (Å²) in [6.07, 6.45) is 0. The molecule has 0 fully saturated rings. The number of benzene rings is 9. The number of fused-ring (bicyclic) bond motifs is 5. The van der Waals surface area contributed by atoms with Crippen LogP contribution in [-0.2, 0) is 5.41 Å². The lowest BCUT2D eigenvalue weighted by Gasteiger charge is -2.35. The normalized spacial score (nSPS) is 13.5. The second-order valence-electron chi connectivity index (χ2n) is 12.4. The molecule has 1 aliphatic rings. The van der Waals surface area contributed by atoms with Crippen LogP contribution >= 0.6 is 0 Å². The molecule has 0 nitrogen and oxygen atoms in total. The Morgan fingerprint density at radius 3 is 1.58 bits per heavy atom. The third-order valence-corrected chi connectivity index (χ3v) is 10.2. The van der Waals surface area contributed by atoms with Crippen molar-refractivity contribution in [3.63, 3.8) is 0 Å². The highest BCUT2D eigenvalue weighted by atomic mass is 14.5. The van der Waals surface area contributed by atoms with Gasteiger partial charge in [-0.25, -0.2) is 0 Å². The average molecular weight is 569 g/mol. The van der Waals surface area contributed by atoms with Gasteiger partial charge in [0, 0.05) is 0 Å². The topological polar surface area (TPSA) is 0 Å². The molecule has 0 bridgehead atoms. The highest BCUT2D eigenvalue weighted by molar-refractivity contribution is 6.24. The van der Waals surface area contributed by atoms with Crippen LogP contribution in [0.4, 0.5) is 0 Å². The first-order valence-electron chi connectivity index (χ1n) is 15.8. The van der Waals surface area contributed by atoms with Gasteiger partial charge in [-0.3, -0.25) is 0 Å². The summed E-state index contributed by atoms with van der Waals surface area (Å²) in [4.78, 5) is 0. The van der Waals surface area contributed by atoms with Crippen LogP contribution in [0.15, 0.2) is 170 Å². The van der Waals surface area contributed by atoms with Crippen LogP contribution in [0.1, 0.15) is 22.3 Å². The highest BCUT2D eigenvalue weighted by Gasteiger charge is 2.48. The molecule has 0 spiro atoms. The van der Waals surface area contributed by atoms with Gasteiger partial charge in [-0.15, -0.1) is 0 Å². The molecule has 10 rings (SSSR count). The SMILES string of the molecule is c1ccc(C2(c3ccccc3)c3ccccc3-c3c(-c4cc5ccc6cccc7ccc(c4)c5c67)cc4ccccc4c32)cc1. The van der Waals surface area contributed by atoms with E-state index in [2.05, 4.69) is 170 Å². The van der Waals surface area contributed by atoms with Gasteiger partial charge < -0.3 is 0 Å². The number of rotatable bonds is 3. The zero-order chi connectivity index (χ0) is 29.5. The van der Waals surface area contributed by atoms with E-state index in [4.69, 9.17) is 0 Å². The second-order valence-corrected chi connectivity index (χ2v) is 12.4. The molecule has 0 saturated carbocycles. The number of hydrogen-bond donors (Lipinski definition) is 0. The molecule has 0 saturated heterocycles. The van der Waals surface area contributed by atoms with Crippen LogP contribution in [0.5, 0.6) is 0 Å². The third kappa shape index (κ3) is 3.26. The molecule has 0 amide bonds. The molecule has 0 N–H and O–H groups in total. The quantitative estimate of drug-likeness (QED) is 0.186.